The van der Waals surface area contributed by atoms with Gasteiger partial charge in [0.05, 0.1) is 6.61 Å². The predicted molar refractivity (Wildman–Crippen MR) is 96.6 cm³/mol. The molecule has 130 valence electrons. The van der Waals surface area contributed by atoms with Gasteiger partial charge in [0.15, 0.2) is 5.58 Å². The number of anilines is 1. The SMILES string of the molecule is O=C(CCCCOc1ccc(Cl)cc1)NNc1nc2ccccc2o1. The van der Waals surface area contributed by atoms with E-state index in [4.69, 9.17) is 20.8 Å². The number of amides is 1. The summed E-state index contributed by atoms with van der Waals surface area (Å²) in [6, 6.07) is 14.9. The van der Waals surface area contributed by atoms with E-state index >= 15 is 0 Å². The van der Waals surface area contributed by atoms with Crippen LogP contribution in [0.3, 0.4) is 0 Å². The second-order valence-corrected chi connectivity index (χ2v) is 5.86. The number of halogens is 1. The second kappa shape index (κ2) is 8.39. The zero-order valence-corrected chi connectivity index (χ0v) is 14.3. The quantitative estimate of drug-likeness (QED) is 0.466. The molecule has 1 amide bonds. The minimum atomic E-state index is -0.131. The van der Waals surface area contributed by atoms with Crippen LogP contribution in [0.1, 0.15) is 19.3 Å². The van der Waals surface area contributed by atoms with E-state index in [-0.39, 0.29) is 11.9 Å². The number of carbonyl (C=O) groups excluding carboxylic acids is 1. The molecule has 25 heavy (non-hydrogen) atoms. The van der Waals surface area contributed by atoms with Gasteiger partial charge in [0.2, 0.25) is 5.91 Å². The summed E-state index contributed by atoms with van der Waals surface area (Å²) in [5.74, 6) is 0.639. The standard InChI is InChI=1S/C18H18ClN3O3/c19-13-8-10-14(11-9-13)24-12-4-3-7-17(23)21-22-18-20-15-5-1-2-6-16(15)25-18/h1-2,5-6,8-11H,3-4,7,12H2,(H,20,22)(H,21,23). The maximum atomic E-state index is 11.8. The Kier molecular flexibility index (Phi) is 5.74. The molecule has 0 radical (unpaired) electrons. The number of ether oxygens (including phenoxy) is 1. The summed E-state index contributed by atoms with van der Waals surface area (Å²) in [7, 11) is 0. The van der Waals surface area contributed by atoms with Crippen molar-refractivity contribution in [2.24, 2.45) is 0 Å². The lowest BCUT2D eigenvalue weighted by Crippen LogP contribution is -2.29. The number of para-hydroxylation sites is 2. The zero-order valence-electron chi connectivity index (χ0n) is 13.5. The van der Waals surface area contributed by atoms with E-state index in [2.05, 4.69) is 15.8 Å². The van der Waals surface area contributed by atoms with Crippen molar-refractivity contribution in [3.63, 3.8) is 0 Å². The van der Waals surface area contributed by atoms with Gasteiger partial charge in [0.25, 0.3) is 0 Å². The number of benzene rings is 2. The molecule has 1 heterocycles. The first-order chi connectivity index (χ1) is 12.2. The largest absolute Gasteiger partial charge is 0.494 e. The summed E-state index contributed by atoms with van der Waals surface area (Å²) in [6.45, 7) is 0.549. The highest BCUT2D eigenvalue weighted by Gasteiger charge is 2.06. The van der Waals surface area contributed by atoms with E-state index in [9.17, 15) is 4.79 Å². The summed E-state index contributed by atoms with van der Waals surface area (Å²) in [4.78, 5) is 16.0. The van der Waals surface area contributed by atoms with Crippen LogP contribution in [0.5, 0.6) is 5.75 Å². The first-order valence-corrected chi connectivity index (χ1v) is 8.37. The fraction of sp³-hybridized carbons (Fsp3) is 0.222. The van der Waals surface area contributed by atoms with E-state index in [1.807, 2.05) is 36.4 Å². The van der Waals surface area contributed by atoms with E-state index in [0.717, 1.165) is 17.7 Å². The van der Waals surface area contributed by atoms with Gasteiger partial charge in [-0.1, -0.05) is 23.7 Å². The summed E-state index contributed by atoms with van der Waals surface area (Å²) < 4.78 is 11.0. The first kappa shape index (κ1) is 17.1. The molecule has 2 N–H and O–H groups in total. The van der Waals surface area contributed by atoms with E-state index in [0.29, 0.717) is 30.1 Å². The topological polar surface area (TPSA) is 76.4 Å². The Morgan fingerprint density at radius 1 is 1.12 bits per heavy atom. The van der Waals surface area contributed by atoms with E-state index < -0.39 is 0 Å². The van der Waals surface area contributed by atoms with Crippen molar-refractivity contribution in [3.8, 4) is 5.75 Å². The number of hydrazine groups is 1. The lowest BCUT2D eigenvalue weighted by atomic mass is 10.2. The highest BCUT2D eigenvalue weighted by molar-refractivity contribution is 6.30. The minimum Gasteiger partial charge on any atom is -0.494 e. The summed E-state index contributed by atoms with van der Waals surface area (Å²) in [5.41, 5.74) is 6.66. The van der Waals surface area contributed by atoms with Crippen LogP contribution in [0.2, 0.25) is 5.02 Å². The smallest absolute Gasteiger partial charge is 0.315 e. The number of rotatable bonds is 8. The molecule has 2 aromatic carbocycles. The number of aromatic nitrogens is 1. The molecular formula is C18H18ClN3O3. The van der Waals surface area contributed by atoms with Crippen LogP contribution < -0.4 is 15.6 Å². The lowest BCUT2D eigenvalue weighted by Gasteiger charge is -2.07. The maximum Gasteiger partial charge on any atom is 0.315 e. The number of fused-ring (bicyclic) bond motifs is 1. The van der Waals surface area contributed by atoms with Gasteiger partial charge in [-0.25, -0.2) is 0 Å². The van der Waals surface area contributed by atoms with Gasteiger partial charge in [-0.15, -0.1) is 0 Å². The van der Waals surface area contributed by atoms with Crippen LogP contribution in [-0.4, -0.2) is 17.5 Å². The average molecular weight is 360 g/mol. The van der Waals surface area contributed by atoms with E-state index in [1.165, 1.54) is 0 Å². The first-order valence-electron chi connectivity index (χ1n) is 7.99. The summed E-state index contributed by atoms with van der Waals surface area (Å²) >= 11 is 5.81. The van der Waals surface area contributed by atoms with Crippen molar-refractivity contribution in [1.82, 2.24) is 10.4 Å². The van der Waals surface area contributed by atoms with Gasteiger partial charge in [-0.3, -0.25) is 15.6 Å². The molecule has 0 spiro atoms. The Morgan fingerprint density at radius 2 is 1.92 bits per heavy atom. The van der Waals surface area contributed by atoms with Crippen molar-refractivity contribution < 1.29 is 13.9 Å². The number of carbonyl (C=O) groups is 1. The minimum absolute atomic E-state index is 0.131. The molecule has 6 nitrogen and oxygen atoms in total. The van der Waals surface area contributed by atoms with Crippen LogP contribution in [0.4, 0.5) is 6.01 Å². The molecule has 0 fully saturated rings. The summed E-state index contributed by atoms with van der Waals surface area (Å²) in [6.07, 6.45) is 1.88. The Balaban J connectivity index is 1.32. The highest BCUT2D eigenvalue weighted by Crippen LogP contribution is 2.17. The molecule has 0 aliphatic heterocycles. The Labute approximate surface area is 150 Å². The normalized spacial score (nSPS) is 10.6. The van der Waals surface area contributed by atoms with Gasteiger partial charge in [0, 0.05) is 11.4 Å². The molecule has 3 rings (SSSR count). The number of unbranched alkanes of at least 4 members (excludes halogenated alkanes) is 1. The van der Waals surface area contributed by atoms with Crippen molar-refractivity contribution in [3.05, 3.63) is 53.6 Å². The molecule has 0 bridgehead atoms. The fourth-order valence-corrected chi connectivity index (χ4v) is 2.35. The molecule has 1 aromatic heterocycles. The zero-order chi connectivity index (χ0) is 17.5. The predicted octanol–water partition coefficient (Wildman–Crippen LogP) is 4.17. The highest BCUT2D eigenvalue weighted by atomic mass is 35.5. The Hall–Kier alpha value is -2.73. The molecule has 0 atom stereocenters. The molecule has 3 aromatic rings. The van der Waals surface area contributed by atoms with Gasteiger partial charge in [-0.05, 0) is 49.2 Å². The van der Waals surface area contributed by atoms with Crippen molar-refractivity contribution >= 4 is 34.6 Å². The third-order valence-corrected chi connectivity index (χ3v) is 3.74. The van der Waals surface area contributed by atoms with Crippen LogP contribution >= 0.6 is 11.6 Å². The number of hydrogen-bond donors (Lipinski definition) is 2. The van der Waals surface area contributed by atoms with Crippen LogP contribution in [-0.2, 0) is 4.79 Å². The van der Waals surface area contributed by atoms with Crippen LogP contribution in [0.15, 0.2) is 52.9 Å². The fourth-order valence-electron chi connectivity index (χ4n) is 2.22. The molecule has 0 saturated heterocycles. The molecule has 0 aliphatic carbocycles. The third-order valence-electron chi connectivity index (χ3n) is 3.48. The molecule has 0 aliphatic rings. The van der Waals surface area contributed by atoms with Crippen molar-refractivity contribution in [2.75, 3.05) is 12.0 Å². The van der Waals surface area contributed by atoms with Crippen LogP contribution in [0.25, 0.3) is 11.1 Å². The molecule has 0 unspecified atom stereocenters. The summed E-state index contributed by atoms with van der Waals surface area (Å²) in [5, 5.41) is 0.676. The number of nitrogens with zero attached hydrogens (tertiary/aromatic N) is 1. The molecular weight excluding hydrogens is 342 g/mol. The van der Waals surface area contributed by atoms with Gasteiger partial charge in [0.1, 0.15) is 11.3 Å². The monoisotopic (exact) mass is 359 g/mol. The Bertz CT molecular complexity index is 800. The van der Waals surface area contributed by atoms with Crippen LogP contribution in [0, 0.1) is 0 Å². The van der Waals surface area contributed by atoms with Gasteiger partial charge >= 0.3 is 6.01 Å². The second-order valence-electron chi connectivity index (χ2n) is 5.42. The van der Waals surface area contributed by atoms with E-state index in [1.54, 1.807) is 12.1 Å². The van der Waals surface area contributed by atoms with Gasteiger partial charge < -0.3 is 9.15 Å². The van der Waals surface area contributed by atoms with Gasteiger partial charge in [-0.2, -0.15) is 4.98 Å². The van der Waals surface area contributed by atoms with Crippen molar-refractivity contribution in [2.45, 2.75) is 19.3 Å². The molecule has 0 saturated carbocycles. The Morgan fingerprint density at radius 3 is 2.72 bits per heavy atom. The third kappa shape index (κ3) is 5.12. The van der Waals surface area contributed by atoms with Crippen molar-refractivity contribution in [1.29, 1.82) is 0 Å². The maximum absolute atomic E-state index is 11.8. The lowest BCUT2D eigenvalue weighted by molar-refractivity contribution is -0.120. The average Bonchev–Trinajstić information content (AvgIpc) is 3.04. The number of oxazole rings is 1. The number of nitrogens with one attached hydrogen (secondary N) is 2. The molecule has 7 heteroatoms. The number of hydrogen-bond acceptors (Lipinski definition) is 5.